The molecule has 5 rings (SSSR count). The highest BCUT2D eigenvalue weighted by molar-refractivity contribution is 6.10. The highest BCUT2D eigenvalue weighted by Crippen LogP contribution is 2.39. The van der Waals surface area contributed by atoms with E-state index in [0.717, 1.165) is 50.1 Å². The van der Waals surface area contributed by atoms with Gasteiger partial charge in [0.25, 0.3) is 0 Å². The summed E-state index contributed by atoms with van der Waals surface area (Å²) in [5, 5.41) is 2.29. The molecular weight excluding hydrogens is 428 g/mol. The first-order chi connectivity index (χ1) is 16.4. The Bertz CT molecular complexity index is 1540. The fraction of sp³-hybridized carbons (Fsp3) is 0.312. The average Bonchev–Trinajstić information content (AvgIpc) is 3.16. The Kier molecular flexibility index (Phi) is 5.36. The van der Waals surface area contributed by atoms with Gasteiger partial charge in [0.2, 0.25) is 5.69 Å². The van der Waals surface area contributed by atoms with Gasteiger partial charge in [0.15, 0.2) is 6.20 Å². The Hall–Kier alpha value is -3.46. The predicted molar refractivity (Wildman–Crippen MR) is 146 cm³/mol. The number of fused-ring (bicyclic) bond motifs is 3. The van der Waals surface area contributed by atoms with Gasteiger partial charge in [0.1, 0.15) is 18.2 Å². The number of furan rings is 1. The van der Waals surface area contributed by atoms with Crippen molar-refractivity contribution in [1.82, 2.24) is 4.98 Å². The maximum absolute atomic E-state index is 6.60. The fourth-order valence-corrected chi connectivity index (χ4v) is 4.69. The first kappa shape index (κ1) is 23.3. The van der Waals surface area contributed by atoms with E-state index in [1.54, 1.807) is 0 Å². The highest BCUT2D eigenvalue weighted by Gasteiger charge is 2.24. The topological polar surface area (TPSA) is 29.9 Å². The van der Waals surface area contributed by atoms with Crippen LogP contribution in [0.1, 0.15) is 58.5 Å². The van der Waals surface area contributed by atoms with E-state index in [1.807, 2.05) is 0 Å². The Morgan fingerprint density at radius 2 is 1.40 bits per heavy atom. The number of benzene rings is 2. The van der Waals surface area contributed by atoms with E-state index >= 15 is 0 Å². The summed E-state index contributed by atoms with van der Waals surface area (Å²) in [7, 11) is 2.08. The second kappa shape index (κ2) is 8.05. The molecule has 0 bridgehead atoms. The lowest BCUT2D eigenvalue weighted by Gasteiger charge is -2.25. The molecule has 0 aliphatic rings. The van der Waals surface area contributed by atoms with Crippen LogP contribution in [-0.2, 0) is 17.9 Å². The average molecular weight is 464 g/mol. The minimum absolute atomic E-state index is 0.0306. The van der Waals surface area contributed by atoms with Crippen LogP contribution >= 0.6 is 0 Å². The van der Waals surface area contributed by atoms with Crippen LogP contribution in [0.15, 0.2) is 71.3 Å². The van der Waals surface area contributed by atoms with Crippen molar-refractivity contribution in [3.63, 3.8) is 0 Å². The molecule has 35 heavy (non-hydrogen) atoms. The molecule has 0 saturated heterocycles. The largest absolute Gasteiger partial charge is 0.455 e. The predicted octanol–water partition coefficient (Wildman–Crippen LogP) is 8.04. The summed E-state index contributed by atoms with van der Waals surface area (Å²) in [6, 6.07) is 21.7. The number of pyridine rings is 2. The molecule has 0 N–H and O–H groups in total. The molecule has 2 aromatic carbocycles. The summed E-state index contributed by atoms with van der Waals surface area (Å²) >= 11 is 0. The van der Waals surface area contributed by atoms with Crippen molar-refractivity contribution in [2.45, 2.75) is 59.3 Å². The third-order valence-electron chi connectivity index (χ3n) is 6.86. The first-order valence-corrected chi connectivity index (χ1v) is 12.4. The van der Waals surface area contributed by atoms with Crippen molar-refractivity contribution in [3.05, 3.63) is 83.8 Å². The van der Waals surface area contributed by atoms with E-state index in [0.29, 0.717) is 0 Å². The minimum Gasteiger partial charge on any atom is -0.455 e. The van der Waals surface area contributed by atoms with Crippen LogP contribution in [-0.4, -0.2) is 4.98 Å². The molecule has 0 aliphatic carbocycles. The molecule has 0 amide bonds. The molecular formula is C32H35N2O+. The molecule has 5 aromatic rings. The van der Waals surface area contributed by atoms with E-state index in [2.05, 4.69) is 127 Å². The molecule has 3 heteroatoms. The van der Waals surface area contributed by atoms with Crippen LogP contribution in [0.4, 0.5) is 0 Å². The molecule has 0 radical (unpaired) electrons. The summed E-state index contributed by atoms with van der Waals surface area (Å²) in [5.74, 6) is 0. The lowest BCUT2D eigenvalue weighted by Crippen LogP contribution is -2.30. The quantitative estimate of drug-likeness (QED) is 0.248. The van der Waals surface area contributed by atoms with Crippen LogP contribution in [0, 0.1) is 6.92 Å². The van der Waals surface area contributed by atoms with Crippen LogP contribution in [0.5, 0.6) is 0 Å². The van der Waals surface area contributed by atoms with Crippen LogP contribution in [0.3, 0.4) is 0 Å². The second-order valence-corrected chi connectivity index (χ2v) is 11.8. The van der Waals surface area contributed by atoms with Crippen molar-refractivity contribution in [3.8, 4) is 22.4 Å². The normalized spacial score (nSPS) is 12.6. The standard InChI is InChI=1S/C32H35N2O/c1-20-12-14-24-23-15-13-21(22-18-27(31(2,3)4)33-28(19-22)32(5,6)7)17-26(23)35-30(24)29(20)25-11-9-10-16-34(25)8/h9-19H,1-8H3/q+1. The summed E-state index contributed by atoms with van der Waals surface area (Å²) in [6.45, 7) is 15.5. The monoisotopic (exact) mass is 463 g/mol. The van der Waals surface area contributed by atoms with Crippen molar-refractivity contribution in [1.29, 1.82) is 0 Å². The van der Waals surface area contributed by atoms with Gasteiger partial charge in [0.05, 0.1) is 5.56 Å². The van der Waals surface area contributed by atoms with Gasteiger partial charge in [-0.1, -0.05) is 59.7 Å². The smallest absolute Gasteiger partial charge is 0.216 e. The molecule has 0 spiro atoms. The zero-order valence-corrected chi connectivity index (χ0v) is 22.2. The molecule has 0 aliphatic heterocycles. The van der Waals surface area contributed by atoms with E-state index in [9.17, 15) is 0 Å². The van der Waals surface area contributed by atoms with Crippen LogP contribution in [0.25, 0.3) is 44.3 Å². The molecule has 0 atom stereocenters. The summed E-state index contributed by atoms with van der Waals surface area (Å²) in [4.78, 5) is 5.04. The maximum Gasteiger partial charge on any atom is 0.216 e. The highest BCUT2D eigenvalue weighted by atomic mass is 16.3. The van der Waals surface area contributed by atoms with Crippen LogP contribution in [0.2, 0.25) is 0 Å². The fourth-order valence-electron chi connectivity index (χ4n) is 4.69. The van der Waals surface area contributed by atoms with Crippen molar-refractivity contribution < 1.29 is 8.98 Å². The van der Waals surface area contributed by atoms with E-state index in [1.165, 1.54) is 11.1 Å². The number of hydrogen-bond donors (Lipinski definition) is 0. The van der Waals surface area contributed by atoms with Gasteiger partial charge in [-0.3, -0.25) is 4.98 Å². The Morgan fingerprint density at radius 3 is 2.03 bits per heavy atom. The lowest BCUT2D eigenvalue weighted by atomic mass is 9.85. The maximum atomic E-state index is 6.60. The van der Waals surface area contributed by atoms with Gasteiger partial charge >= 0.3 is 0 Å². The minimum atomic E-state index is -0.0306. The number of rotatable bonds is 2. The molecule has 0 saturated carbocycles. The van der Waals surface area contributed by atoms with Gasteiger partial charge in [-0.05, 0) is 53.9 Å². The Labute approximate surface area is 208 Å². The molecule has 0 fully saturated rings. The van der Waals surface area contributed by atoms with Gasteiger partial charge < -0.3 is 4.42 Å². The zero-order valence-electron chi connectivity index (χ0n) is 22.2. The second-order valence-electron chi connectivity index (χ2n) is 11.8. The lowest BCUT2D eigenvalue weighted by molar-refractivity contribution is -0.660. The molecule has 3 nitrogen and oxygen atoms in total. The SMILES string of the molecule is Cc1ccc2c(oc3cc(-c4cc(C(C)(C)C)nc(C(C)(C)C)c4)ccc32)c1-c1cccc[n+]1C. The van der Waals surface area contributed by atoms with Gasteiger partial charge in [0, 0.05) is 45.1 Å². The number of aromatic nitrogens is 2. The van der Waals surface area contributed by atoms with E-state index < -0.39 is 0 Å². The Morgan fingerprint density at radius 1 is 0.743 bits per heavy atom. The van der Waals surface area contributed by atoms with Crippen molar-refractivity contribution in [2.24, 2.45) is 7.05 Å². The van der Waals surface area contributed by atoms with Crippen LogP contribution < -0.4 is 4.57 Å². The first-order valence-electron chi connectivity index (χ1n) is 12.4. The third-order valence-corrected chi connectivity index (χ3v) is 6.86. The van der Waals surface area contributed by atoms with Crippen molar-refractivity contribution in [2.75, 3.05) is 0 Å². The zero-order chi connectivity index (χ0) is 25.1. The summed E-state index contributed by atoms with van der Waals surface area (Å²) in [5.41, 5.74) is 9.85. The van der Waals surface area contributed by atoms with Gasteiger partial charge in [-0.2, -0.15) is 0 Å². The third kappa shape index (κ3) is 4.14. The van der Waals surface area contributed by atoms with E-state index in [-0.39, 0.29) is 10.8 Å². The van der Waals surface area contributed by atoms with E-state index in [4.69, 9.17) is 9.40 Å². The molecule has 178 valence electrons. The molecule has 3 heterocycles. The molecule has 0 unspecified atom stereocenters. The summed E-state index contributed by atoms with van der Waals surface area (Å²) < 4.78 is 8.75. The number of hydrogen-bond acceptors (Lipinski definition) is 2. The number of aryl methyl sites for hydroxylation is 2. The molecule has 3 aromatic heterocycles. The van der Waals surface area contributed by atoms with Gasteiger partial charge in [-0.15, -0.1) is 0 Å². The van der Waals surface area contributed by atoms with Gasteiger partial charge in [-0.25, -0.2) is 4.57 Å². The summed E-state index contributed by atoms with van der Waals surface area (Å²) in [6.07, 6.45) is 2.08. The van der Waals surface area contributed by atoms with Crippen molar-refractivity contribution >= 4 is 21.9 Å². The number of nitrogens with zero attached hydrogens (tertiary/aromatic N) is 2. The Balaban J connectivity index is 1.74.